The zero-order chi connectivity index (χ0) is 16.6. The zero-order valence-electron chi connectivity index (χ0n) is 12.3. The number of nitrogens with zero attached hydrogens (tertiary/aromatic N) is 1. The summed E-state index contributed by atoms with van der Waals surface area (Å²) in [4.78, 5) is 25.6. The highest BCUT2D eigenvalue weighted by atomic mass is 19.3. The van der Waals surface area contributed by atoms with Crippen LogP contribution in [-0.2, 0) is 4.79 Å². The van der Waals surface area contributed by atoms with Crippen LogP contribution < -0.4 is 4.74 Å². The van der Waals surface area contributed by atoms with Crippen LogP contribution in [0.2, 0.25) is 0 Å². The molecule has 1 N–H and O–H groups in total. The molecule has 2 fully saturated rings. The first kappa shape index (κ1) is 15.7. The molecule has 3 unspecified atom stereocenters. The quantitative estimate of drug-likeness (QED) is 0.924. The van der Waals surface area contributed by atoms with Crippen molar-refractivity contribution in [2.45, 2.75) is 31.9 Å². The van der Waals surface area contributed by atoms with Gasteiger partial charge in [0.1, 0.15) is 11.8 Å². The molecule has 1 aliphatic carbocycles. The number of rotatable bonds is 4. The van der Waals surface area contributed by atoms with Crippen molar-refractivity contribution in [1.29, 1.82) is 0 Å². The maximum Gasteiger partial charge on any atom is 0.387 e. The fourth-order valence-electron chi connectivity index (χ4n) is 3.78. The van der Waals surface area contributed by atoms with Crippen LogP contribution in [0.5, 0.6) is 5.75 Å². The Hall–Kier alpha value is -2.18. The molecule has 1 heterocycles. The lowest BCUT2D eigenvalue weighted by Crippen LogP contribution is -2.43. The predicted molar refractivity (Wildman–Crippen MR) is 76.4 cm³/mol. The molecule has 1 aromatic carbocycles. The van der Waals surface area contributed by atoms with Gasteiger partial charge in [0.05, 0.1) is 0 Å². The number of carboxylic acid groups (broad SMARTS) is 1. The lowest BCUT2D eigenvalue weighted by molar-refractivity contribution is -0.142. The number of benzene rings is 1. The number of halogens is 2. The Morgan fingerprint density at radius 1 is 1.22 bits per heavy atom. The molecule has 5 nitrogen and oxygen atoms in total. The molecule has 1 saturated heterocycles. The van der Waals surface area contributed by atoms with Gasteiger partial charge in [-0.05, 0) is 48.9 Å². The van der Waals surface area contributed by atoms with E-state index in [2.05, 4.69) is 4.74 Å². The maximum absolute atomic E-state index is 12.6. The summed E-state index contributed by atoms with van der Waals surface area (Å²) in [5, 5.41) is 9.47. The summed E-state index contributed by atoms with van der Waals surface area (Å²) in [6, 6.07) is 4.53. The van der Waals surface area contributed by atoms with Gasteiger partial charge in [0.2, 0.25) is 0 Å². The topological polar surface area (TPSA) is 66.8 Å². The van der Waals surface area contributed by atoms with Crippen molar-refractivity contribution in [3.63, 3.8) is 0 Å². The highest BCUT2D eigenvalue weighted by molar-refractivity contribution is 5.97. The van der Waals surface area contributed by atoms with Gasteiger partial charge in [0, 0.05) is 12.1 Å². The third-order valence-electron chi connectivity index (χ3n) is 4.73. The van der Waals surface area contributed by atoms with E-state index >= 15 is 0 Å². The summed E-state index contributed by atoms with van der Waals surface area (Å²) in [7, 11) is 0. The monoisotopic (exact) mass is 325 g/mol. The SMILES string of the molecule is O=C(O)C1C2CCCC2CN1C(=O)c1ccc(OC(F)F)cc1. The van der Waals surface area contributed by atoms with E-state index in [1.54, 1.807) is 0 Å². The van der Waals surface area contributed by atoms with Gasteiger partial charge in [0.15, 0.2) is 0 Å². The first-order chi connectivity index (χ1) is 11.0. The van der Waals surface area contributed by atoms with E-state index in [9.17, 15) is 23.5 Å². The van der Waals surface area contributed by atoms with E-state index in [0.717, 1.165) is 19.3 Å². The number of carbonyl (C=O) groups is 2. The fraction of sp³-hybridized carbons (Fsp3) is 0.500. The third-order valence-corrected chi connectivity index (χ3v) is 4.73. The van der Waals surface area contributed by atoms with Crippen molar-refractivity contribution in [1.82, 2.24) is 4.90 Å². The standard InChI is InChI=1S/C16H17F2NO4/c17-16(18)23-11-6-4-9(5-7-11)14(20)19-8-10-2-1-3-12(10)13(19)15(21)22/h4-7,10,12-13,16H,1-3,8H2,(H,21,22). The van der Waals surface area contributed by atoms with Crippen LogP contribution in [-0.4, -0.2) is 41.1 Å². The maximum atomic E-state index is 12.6. The molecule has 3 atom stereocenters. The molecule has 7 heteroatoms. The molecule has 1 aliphatic heterocycles. The van der Waals surface area contributed by atoms with Crippen molar-refractivity contribution in [3.8, 4) is 5.75 Å². The molecule has 0 aromatic heterocycles. The molecule has 0 bridgehead atoms. The minimum absolute atomic E-state index is 0.0119. The second-order valence-corrected chi connectivity index (χ2v) is 6.00. The average Bonchev–Trinajstić information content (AvgIpc) is 3.06. The first-order valence-electron chi connectivity index (χ1n) is 7.56. The van der Waals surface area contributed by atoms with Gasteiger partial charge >= 0.3 is 12.6 Å². The highest BCUT2D eigenvalue weighted by Gasteiger charge is 2.49. The van der Waals surface area contributed by atoms with Gasteiger partial charge in [-0.15, -0.1) is 0 Å². The Balaban J connectivity index is 1.78. The van der Waals surface area contributed by atoms with Gasteiger partial charge in [-0.1, -0.05) is 6.42 Å². The van der Waals surface area contributed by atoms with E-state index in [1.807, 2.05) is 0 Å². The number of hydrogen-bond donors (Lipinski definition) is 1. The second kappa shape index (κ2) is 6.14. The minimum Gasteiger partial charge on any atom is -0.480 e. The van der Waals surface area contributed by atoms with Crippen LogP contribution in [0.25, 0.3) is 0 Å². The van der Waals surface area contributed by atoms with E-state index in [4.69, 9.17) is 0 Å². The second-order valence-electron chi connectivity index (χ2n) is 6.00. The summed E-state index contributed by atoms with van der Waals surface area (Å²) >= 11 is 0. The summed E-state index contributed by atoms with van der Waals surface area (Å²) < 4.78 is 28.5. The Morgan fingerprint density at radius 3 is 2.52 bits per heavy atom. The van der Waals surface area contributed by atoms with Crippen molar-refractivity contribution in [3.05, 3.63) is 29.8 Å². The molecule has 1 aromatic rings. The Bertz CT molecular complexity index is 605. The van der Waals surface area contributed by atoms with Gasteiger partial charge in [-0.3, -0.25) is 4.79 Å². The van der Waals surface area contributed by atoms with Gasteiger partial charge in [-0.25, -0.2) is 4.79 Å². The van der Waals surface area contributed by atoms with Crippen molar-refractivity contribution < 1.29 is 28.2 Å². The fourth-order valence-corrected chi connectivity index (χ4v) is 3.78. The number of carbonyl (C=O) groups excluding carboxylic acids is 1. The average molecular weight is 325 g/mol. The number of fused-ring (bicyclic) bond motifs is 1. The Kier molecular flexibility index (Phi) is 4.19. The molecule has 2 aliphatic rings. The largest absolute Gasteiger partial charge is 0.480 e. The molecule has 23 heavy (non-hydrogen) atoms. The normalized spacial score (nSPS) is 26.4. The Morgan fingerprint density at radius 2 is 1.91 bits per heavy atom. The predicted octanol–water partition coefficient (Wildman–Crippen LogP) is 2.61. The van der Waals surface area contributed by atoms with Gasteiger partial charge in [-0.2, -0.15) is 8.78 Å². The van der Waals surface area contributed by atoms with Crippen LogP contribution >= 0.6 is 0 Å². The number of alkyl halides is 2. The summed E-state index contributed by atoms with van der Waals surface area (Å²) in [6.45, 7) is -2.48. The Labute approximate surface area is 131 Å². The molecule has 3 rings (SSSR count). The van der Waals surface area contributed by atoms with Gasteiger partial charge < -0.3 is 14.7 Å². The number of likely N-dealkylation sites (tertiary alicyclic amines) is 1. The summed E-state index contributed by atoms with van der Waals surface area (Å²) in [6.07, 6.45) is 2.77. The number of aliphatic carboxylic acids is 1. The van der Waals surface area contributed by atoms with Crippen molar-refractivity contribution >= 4 is 11.9 Å². The minimum atomic E-state index is -2.93. The molecular formula is C16H17F2NO4. The van der Waals surface area contributed by atoms with Crippen LogP contribution in [0.4, 0.5) is 8.78 Å². The molecular weight excluding hydrogens is 308 g/mol. The van der Waals surface area contributed by atoms with Crippen LogP contribution in [0.15, 0.2) is 24.3 Å². The zero-order valence-corrected chi connectivity index (χ0v) is 12.3. The van der Waals surface area contributed by atoms with Crippen LogP contribution in [0, 0.1) is 11.8 Å². The lowest BCUT2D eigenvalue weighted by atomic mass is 9.94. The van der Waals surface area contributed by atoms with Crippen molar-refractivity contribution in [2.75, 3.05) is 6.54 Å². The van der Waals surface area contributed by atoms with Crippen molar-refractivity contribution in [2.24, 2.45) is 11.8 Å². The van der Waals surface area contributed by atoms with Crippen LogP contribution in [0.3, 0.4) is 0 Å². The summed E-state index contributed by atoms with van der Waals surface area (Å²) in [5.74, 6) is -1.15. The first-order valence-corrected chi connectivity index (χ1v) is 7.56. The lowest BCUT2D eigenvalue weighted by Gasteiger charge is -2.24. The number of amides is 1. The van der Waals surface area contributed by atoms with E-state index in [-0.39, 0.29) is 29.1 Å². The van der Waals surface area contributed by atoms with E-state index in [1.165, 1.54) is 29.2 Å². The van der Waals surface area contributed by atoms with E-state index in [0.29, 0.717) is 6.54 Å². The third kappa shape index (κ3) is 3.00. The van der Waals surface area contributed by atoms with Gasteiger partial charge in [0.25, 0.3) is 5.91 Å². The number of carboxylic acids is 1. The number of ether oxygens (including phenoxy) is 1. The molecule has 1 saturated carbocycles. The molecule has 1 amide bonds. The van der Waals surface area contributed by atoms with E-state index < -0.39 is 18.6 Å². The smallest absolute Gasteiger partial charge is 0.387 e. The molecule has 0 radical (unpaired) electrons. The molecule has 124 valence electrons. The highest BCUT2D eigenvalue weighted by Crippen LogP contribution is 2.42. The molecule has 0 spiro atoms. The number of hydrogen-bond acceptors (Lipinski definition) is 3. The van der Waals surface area contributed by atoms with Crippen LogP contribution in [0.1, 0.15) is 29.6 Å². The summed E-state index contributed by atoms with van der Waals surface area (Å²) in [5.41, 5.74) is 0.276.